The average molecular weight is 188 g/mol. The SMILES string of the molecule is COC[C@@H](CN=[N+]=[N-])NC(=O)OC. The normalized spacial score (nSPS) is 11.2. The molecule has 1 N–H and O–H groups in total. The molecule has 0 heterocycles. The van der Waals surface area contributed by atoms with Crippen molar-refractivity contribution >= 4 is 6.09 Å². The molecule has 0 aliphatic carbocycles. The van der Waals surface area contributed by atoms with E-state index in [9.17, 15) is 4.79 Å². The van der Waals surface area contributed by atoms with E-state index in [0.717, 1.165) is 0 Å². The predicted octanol–water partition coefficient (Wildman–Crippen LogP) is 0.668. The molecule has 1 atom stereocenters. The summed E-state index contributed by atoms with van der Waals surface area (Å²) in [5.41, 5.74) is 8.05. The Morgan fingerprint density at radius 1 is 1.69 bits per heavy atom. The molecule has 0 aromatic heterocycles. The number of ether oxygens (including phenoxy) is 2. The summed E-state index contributed by atoms with van der Waals surface area (Å²) in [5.74, 6) is 0. The summed E-state index contributed by atoms with van der Waals surface area (Å²) < 4.78 is 9.16. The zero-order valence-corrected chi connectivity index (χ0v) is 7.56. The Kier molecular flexibility index (Phi) is 6.39. The van der Waals surface area contributed by atoms with Gasteiger partial charge in [0, 0.05) is 18.6 Å². The molecule has 0 spiro atoms. The van der Waals surface area contributed by atoms with Gasteiger partial charge in [0.1, 0.15) is 0 Å². The van der Waals surface area contributed by atoms with Crippen LogP contribution in [0.25, 0.3) is 10.4 Å². The van der Waals surface area contributed by atoms with E-state index in [0.29, 0.717) is 0 Å². The number of nitrogens with one attached hydrogen (secondary N) is 1. The van der Waals surface area contributed by atoms with E-state index in [1.807, 2.05) is 0 Å². The summed E-state index contributed by atoms with van der Waals surface area (Å²) in [6, 6.07) is -0.353. The van der Waals surface area contributed by atoms with Crippen molar-refractivity contribution in [3.8, 4) is 0 Å². The van der Waals surface area contributed by atoms with Crippen LogP contribution in [0, 0.1) is 0 Å². The summed E-state index contributed by atoms with van der Waals surface area (Å²) in [6.07, 6.45) is -0.574. The second kappa shape index (κ2) is 7.20. The van der Waals surface area contributed by atoms with Gasteiger partial charge >= 0.3 is 6.09 Å². The van der Waals surface area contributed by atoms with Gasteiger partial charge in [-0.05, 0) is 5.53 Å². The van der Waals surface area contributed by atoms with Gasteiger partial charge in [0.15, 0.2) is 0 Å². The Hall–Kier alpha value is -1.46. The first-order valence-electron chi connectivity index (χ1n) is 3.58. The lowest BCUT2D eigenvalue weighted by Crippen LogP contribution is -2.39. The van der Waals surface area contributed by atoms with Gasteiger partial charge in [-0.25, -0.2) is 4.79 Å². The molecule has 0 aliphatic heterocycles. The number of methoxy groups -OCH3 is 2. The predicted molar refractivity (Wildman–Crippen MR) is 45.2 cm³/mol. The second-order valence-electron chi connectivity index (χ2n) is 2.20. The Labute approximate surface area is 75.6 Å². The van der Waals surface area contributed by atoms with E-state index < -0.39 is 6.09 Å². The lowest BCUT2D eigenvalue weighted by molar-refractivity contribution is 0.142. The molecule has 1 amide bonds. The Bertz CT molecular complexity index is 202. The van der Waals surface area contributed by atoms with Crippen molar-refractivity contribution in [3.63, 3.8) is 0 Å². The van der Waals surface area contributed by atoms with Crippen molar-refractivity contribution in [3.05, 3.63) is 10.4 Å². The van der Waals surface area contributed by atoms with E-state index in [-0.39, 0.29) is 19.2 Å². The van der Waals surface area contributed by atoms with E-state index in [1.165, 1.54) is 14.2 Å². The largest absolute Gasteiger partial charge is 0.453 e. The average Bonchev–Trinajstić information content (AvgIpc) is 2.14. The number of carbonyl (C=O) groups is 1. The van der Waals surface area contributed by atoms with Crippen LogP contribution in [0.2, 0.25) is 0 Å². The summed E-state index contributed by atoms with van der Waals surface area (Å²) in [7, 11) is 2.74. The van der Waals surface area contributed by atoms with Crippen molar-refractivity contribution in [2.75, 3.05) is 27.4 Å². The van der Waals surface area contributed by atoms with Crippen LogP contribution in [0.5, 0.6) is 0 Å². The van der Waals surface area contributed by atoms with E-state index >= 15 is 0 Å². The number of amides is 1. The summed E-state index contributed by atoms with van der Waals surface area (Å²) in [4.78, 5) is 13.3. The van der Waals surface area contributed by atoms with Gasteiger partial charge in [0.2, 0.25) is 0 Å². The molecule has 0 fully saturated rings. The summed E-state index contributed by atoms with van der Waals surface area (Å²) >= 11 is 0. The minimum atomic E-state index is -0.574. The number of rotatable bonds is 5. The quantitative estimate of drug-likeness (QED) is 0.390. The first kappa shape index (κ1) is 11.5. The van der Waals surface area contributed by atoms with Crippen molar-refractivity contribution in [2.24, 2.45) is 5.11 Å². The summed E-state index contributed by atoms with van der Waals surface area (Å²) in [6.45, 7) is 0.410. The number of nitrogens with zero attached hydrogens (tertiary/aromatic N) is 3. The van der Waals surface area contributed by atoms with Crippen LogP contribution >= 0.6 is 0 Å². The molecule has 0 unspecified atom stereocenters. The molecule has 7 heteroatoms. The number of hydrogen-bond acceptors (Lipinski definition) is 4. The molecular weight excluding hydrogens is 176 g/mol. The zero-order valence-electron chi connectivity index (χ0n) is 7.56. The maximum absolute atomic E-state index is 10.7. The van der Waals surface area contributed by atoms with Crippen LogP contribution in [0.3, 0.4) is 0 Å². The zero-order chi connectivity index (χ0) is 10.1. The van der Waals surface area contributed by atoms with Gasteiger partial charge in [0.25, 0.3) is 0 Å². The van der Waals surface area contributed by atoms with Gasteiger partial charge in [-0.2, -0.15) is 0 Å². The lowest BCUT2D eigenvalue weighted by Gasteiger charge is -2.13. The van der Waals surface area contributed by atoms with Gasteiger partial charge in [0.05, 0.1) is 19.8 Å². The van der Waals surface area contributed by atoms with Crippen LogP contribution in [0.15, 0.2) is 5.11 Å². The van der Waals surface area contributed by atoms with Crippen LogP contribution < -0.4 is 5.32 Å². The highest BCUT2D eigenvalue weighted by Crippen LogP contribution is 1.88. The molecule has 0 aliphatic rings. The maximum Gasteiger partial charge on any atom is 0.407 e. The monoisotopic (exact) mass is 188 g/mol. The van der Waals surface area contributed by atoms with Gasteiger partial charge < -0.3 is 14.8 Å². The van der Waals surface area contributed by atoms with Crippen molar-refractivity contribution < 1.29 is 14.3 Å². The fourth-order valence-electron chi connectivity index (χ4n) is 0.702. The smallest absolute Gasteiger partial charge is 0.407 e. The minimum absolute atomic E-state index is 0.138. The van der Waals surface area contributed by atoms with Crippen molar-refractivity contribution in [1.82, 2.24) is 5.32 Å². The van der Waals surface area contributed by atoms with E-state index in [1.54, 1.807) is 0 Å². The van der Waals surface area contributed by atoms with Crippen LogP contribution in [-0.4, -0.2) is 39.5 Å². The molecule has 0 radical (unpaired) electrons. The topological polar surface area (TPSA) is 96.3 Å². The number of azide groups is 1. The second-order valence-corrected chi connectivity index (χ2v) is 2.20. The first-order valence-corrected chi connectivity index (χ1v) is 3.58. The van der Waals surface area contributed by atoms with Gasteiger partial charge in [-0.3, -0.25) is 0 Å². The van der Waals surface area contributed by atoms with E-state index in [4.69, 9.17) is 10.3 Å². The lowest BCUT2D eigenvalue weighted by atomic mass is 10.3. The first-order chi connectivity index (χ1) is 6.24. The third-order valence-corrected chi connectivity index (χ3v) is 1.24. The number of carbonyl (C=O) groups excluding carboxylic acids is 1. The third kappa shape index (κ3) is 5.77. The molecule has 0 aromatic rings. The molecule has 13 heavy (non-hydrogen) atoms. The van der Waals surface area contributed by atoms with Crippen molar-refractivity contribution in [1.29, 1.82) is 0 Å². The highest BCUT2D eigenvalue weighted by molar-refractivity contribution is 5.67. The minimum Gasteiger partial charge on any atom is -0.453 e. The molecule has 0 bridgehead atoms. The fourth-order valence-corrected chi connectivity index (χ4v) is 0.702. The standard InChI is InChI=1S/C6H12N4O3/c1-12-4-5(3-8-10-7)9-6(11)13-2/h5H,3-4H2,1-2H3,(H,9,11)/t5-/m1/s1. The Balaban J connectivity index is 3.92. The molecule has 7 nitrogen and oxygen atoms in total. The fraction of sp³-hybridized carbons (Fsp3) is 0.833. The Morgan fingerprint density at radius 2 is 2.38 bits per heavy atom. The Morgan fingerprint density at radius 3 is 2.85 bits per heavy atom. The number of alkyl carbamates (subject to hydrolysis) is 1. The highest BCUT2D eigenvalue weighted by Gasteiger charge is 2.10. The van der Waals surface area contributed by atoms with Crippen LogP contribution in [-0.2, 0) is 9.47 Å². The highest BCUT2D eigenvalue weighted by atomic mass is 16.5. The maximum atomic E-state index is 10.7. The molecule has 74 valence electrons. The van der Waals surface area contributed by atoms with Gasteiger partial charge in [-0.15, -0.1) is 0 Å². The van der Waals surface area contributed by atoms with E-state index in [2.05, 4.69) is 20.1 Å². The third-order valence-electron chi connectivity index (χ3n) is 1.24. The molecule has 0 rings (SSSR count). The van der Waals surface area contributed by atoms with Crippen molar-refractivity contribution in [2.45, 2.75) is 6.04 Å². The molecule has 0 aromatic carbocycles. The summed E-state index contributed by atoms with van der Waals surface area (Å²) in [5, 5.41) is 5.76. The van der Waals surface area contributed by atoms with Crippen LogP contribution in [0.4, 0.5) is 4.79 Å². The molecular formula is C6H12N4O3. The molecule has 0 saturated carbocycles. The molecule has 0 saturated heterocycles. The number of hydrogen-bond donors (Lipinski definition) is 1. The van der Waals surface area contributed by atoms with Crippen LogP contribution in [0.1, 0.15) is 0 Å². The van der Waals surface area contributed by atoms with Gasteiger partial charge in [-0.1, -0.05) is 5.11 Å².